The summed E-state index contributed by atoms with van der Waals surface area (Å²) in [5.74, 6) is -0.223. The Labute approximate surface area is 155 Å². The second-order valence-electron chi connectivity index (χ2n) is 8.31. The number of rotatable bonds is 4. The van der Waals surface area contributed by atoms with Crippen molar-refractivity contribution in [2.24, 2.45) is 11.3 Å². The molecule has 0 radical (unpaired) electrons. The van der Waals surface area contributed by atoms with Crippen LogP contribution >= 0.6 is 0 Å². The molecule has 0 saturated heterocycles. The van der Waals surface area contributed by atoms with Crippen molar-refractivity contribution in [2.45, 2.75) is 57.4 Å². The van der Waals surface area contributed by atoms with Gasteiger partial charge in [0.25, 0.3) is 15.9 Å². The van der Waals surface area contributed by atoms with E-state index in [9.17, 15) is 18.0 Å². The lowest BCUT2D eigenvalue weighted by Gasteiger charge is -2.39. The number of fused-ring (bicyclic) bond motifs is 1. The normalized spacial score (nSPS) is 26.4. The van der Waals surface area contributed by atoms with E-state index in [2.05, 4.69) is 26.1 Å². The van der Waals surface area contributed by atoms with E-state index in [4.69, 9.17) is 0 Å². The molecule has 0 bridgehead atoms. The van der Waals surface area contributed by atoms with Crippen LogP contribution in [0.25, 0.3) is 0 Å². The summed E-state index contributed by atoms with van der Waals surface area (Å²) in [5, 5.41) is 3.02. The van der Waals surface area contributed by atoms with E-state index in [-0.39, 0.29) is 40.8 Å². The van der Waals surface area contributed by atoms with Gasteiger partial charge in [0.2, 0.25) is 5.91 Å². The number of sulfonamides is 1. The second-order valence-corrected chi connectivity index (χ2v) is 10.1. The summed E-state index contributed by atoms with van der Waals surface area (Å²) in [7, 11) is -3.85. The lowest BCUT2D eigenvalue weighted by Crippen LogP contribution is -2.44. The van der Waals surface area contributed by atoms with Gasteiger partial charge >= 0.3 is 0 Å². The number of hydrogen-bond donors (Lipinski definition) is 1. The summed E-state index contributed by atoms with van der Waals surface area (Å²) >= 11 is 0. The molecule has 3 rings (SSSR count). The molecule has 1 aromatic rings. The van der Waals surface area contributed by atoms with Crippen LogP contribution in [-0.4, -0.2) is 37.1 Å². The van der Waals surface area contributed by atoms with E-state index in [1.165, 1.54) is 12.1 Å². The molecule has 0 aromatic heterocycles. The van der Waals surface area contributed by atoms with Gasteiger partial charge in [0.15, 0.2) is 0 Å². The molecule has 2 aliphatic rings. The fourth-order valence-corrected chi connectivity index (χ4v) is 5.98. The molecule has 1 aliphatic heterocycles. The third kappa shape index (κ3) is 3.63. The number of hydrogen-bond acceptors (Lipinski definition) is 4. The smallest absolute Gasteiger partial charge is 0.269 e. The minimum atomic E-state index is -3.85. The van der Waals surface area contributed by atoms with Gasteiger partial charge in [0, 0.05) is 19.0 Å². The molecule has 1 aliphatic carbocycles. The Balaban J connectivity index is 1.61. The summed E-state index contributed by atoms with van der Waals surface area (Å²) in [5.41, 5.74) is 0.363. The molecule has 6 nitrogen and oxygen atoms in total. The summed E-state index contributed by atoms with van der Waals surface area (Å²) in [4.78, 5) is 24.7. The van der Waals surface area contributed by atoms with Crippen LogP contribution in [0, 0.1) is 11.3 Å². The van der Waals surface area contributed by atoms with Crippen LogP contribution in [0.1, 0.15) is 56.8 Å². The molecule has 0 spiro atoms. The zero-order valence-corrected chi connectivity index (χ0v) is 16.3. The molecule has 26 heavy (non-hydrogen) atoms. The highest BCUT2D eigenvalue weighted by Crippen LogP contribution is 2.38. The molecule has 1 heterocycles. The average Bonchev–Trinajstić information content (AvgIpc) is 2.71. The predicted octanol–water partition coefficient (Wildman–Crippen LogP) is 2.55. The molecule has 1 saturated carbocycles. The number of nitrogens with one attached hydrogen (secondary N) is 1. The van der Waals surface area contributed by atoms with E-state index in [0.717, 1.165) is 23.6 Å². The Bertz CT molecular complexity index is 832. The number of carbonyl (C=O) groups excluding carboxylic acids is 2. The van der Waals surface area contributed by atoms with Gasteiger partial charge in [-0.25, -0.2) is 12.7 Å². The Morgan fingerprint density at radius 1 is 1.27 bits per heavy atom. The molecule has 7 heteroatoms. The second kappa shape index (κ2) is 6.68. The number of amides is 2. The zero-order valence-electron chi connectivity index (χ0n) is 15.5. The standard InChI is InChI=1S/C19H26N2O4S/c1-13-10-14(12-19(2,3)11-13)20-17(22)8-9-21-18(23)15-6-4-5-7-16(15)26(21,24)25/h4-7,13-14H,8-12H2,1-3H3,(H,20,22)/t13-,14+/m1/s1. The molecule has 0 unspecified atom stereocenters. The first-order valence-electron chi connectivity index (χ1n) is 9.06. The van der Waals surface area contributed by atoms with Gasteiger partial charge in [0.05, 0.1) is 5.56 Å². The van der Waals surface area contributed by atoms with E-state index in [1.54, 1.807) is 12.1 Å². The Kier molecular flexibility index (Phi) is 4.86. The summed E-state index contributed by atoms with van der Waals surface area (Å²) in [6.07, 6.45) is 2.96. The lowest BCUT2D eigenvalue weighted by molar-refractivity contribution is -0.122. The highest BCUT2D eigenvalue weighted by Gasteiger charge is 2.41. The van der Waals surface area contributed by atoms with Gasteiger partial charge < -0.3 is 5.32 Å². The van der Waals surface area contributed by atoms with Crippen LogP contribution in [0.15, 0.2) is 29.2 Å². The van der Waals surface area contributed by atoms with Crippen LogP contribution in [0.4, 0.5) is 0 Å². The first kappa shape index (κ1) is 18.9. The summed E-state index contributed by atoms with van der Waals surface area (Å²) in [6.45, 7) is 6.46. The van der Waals surface area contributed by atoms with Crippen LogP contribution in [-0.2, 0) is 14.8 Å². The van der Waals surface area contributed by atoms with Crippen molar-refractivity contribution in [2.75, 3.05) is 6.54 Å². The van der Waals surface area contributed by atoms with Crippen molar-refractivity contribution in [3.05, 3.63) is 29.8 Å². The largest absolute Gasteiger partial charge is 0.353 e. The first-order valence-corrected chi connectivity index (χ1v) is 10.5. The maximum Gasteiger partial charge on any atom is 0.269 e. The third-order valence-electron chi connectivity index (χ3n) is 5.21. The highest BCUT2D eigenvalue weighted by atomic mass is 32.2. The van der Waals surface area contributed by atoms with Crippen molar-refractivity contribution < 1.29 is 18.0 Å². The lowest BCUT2D eigenvalue weighted by atomic mass is 9.70. The van der Waals surface area contributed by atoms with Crippen molar-refractivity contribution in [3.8, 4) is 0 Å². The third-order valence-corrected chi connectivity index (χ3v) is 7.05. The molecule has 142 valence electrons. The fourth-order valence-electron chi connectivity index (χ4n) is 4.41. The number of nitrogens with zero attached hydrogens (tertiary/aromatic N) is 1. The van der Waals surface area contributed by atoms with Crippen LogP contribution in [0.5, 0.6) is 0 Å². The van der Waals surface area contributed by atoms with Crippen molar-refractivity contribution >= 4 is 21.8 Å². The highest BCUT2D eigenvalue weighted by molar-refractivity contribution is 7.90. The monoisotopic (exact) mass is 378 g/mol. The Morgan fingerprint density at radius 2 is 1.96 bits per heavy atom. The van der Waals surface area contributed by atoms with Crippen molar-refractivity contribution in [1.29, 1.82) is 0 Å². The predicted molar refractivity (Wildman–Crippen MR) is 98.0 cm³/mol. The zero-order chi connectivity index (χ0) is 19.1. The first-order chi connectivity index (χ1) is 12.1. The molecule has 1 aromatic carbocycles. The quantitative estimate of drug-likeness (QED) is 0.873. The van der Waals surface area contributed by atoms with E-state index in [0.29, 0.717) is 5.92 Å². The number of carbonyl (C=O) groups is 2. The molecule has 2 atom stereocenters. The fraction of sp³-hybridized carbons (Fsp3) is 0.579. The number of benzene rings is 1. The molecule has 1 N–H and O–H groups in total. The minimum absolute atomic E-state index is 0.0215. The van der Waals surface area contributed by atoms with Crippen molar-refractivity contribution in [3.63, 3.8) is 0 Å². The average molecular weight is 378 g/mol. The molecular weight excluding hydrogens is 352 g/mol. The van der Waals surface area contributed by atoms with Crippen LogP contribution < -0.4 is 5.32 Å². The van der Waals surface area contributed by atoms with Crippen LogP contribution in [0.3, 0.4) is 0 Å². The van der Waals surface area contributed by atoms with Gasteiger partial charge in [0.1, 0.15) is 4.90 Å². The SMILES string of the molecule is C[C@@H]1C[C@H](NC(=O)CCN2C(=O)c3ccccc3S2(=O)=O)CC(C)(C)C1. The molecule has 1 fully saturated rings. The van der Waals surface area contributed by atoms with Crippen molar-refractivity contribution in [1.82, 2.24) is 9.62 Å². The Hall–Kier alpha value is -1.89. The van der Waals surface area contributed by atoms with E-state index in [1.807, 2.05) is 0 Å². The summed E-state index contributed by atoms with van der Waals surface area (Å²) < 4.78 is 25.8. The maximum absolute atomic E-state index is 12.5. The van der Waals surface area contributed by atoms with E-state index < -0.39 is 15.9 Å². The summed E-state index contributed by atoms with van der Waals surface area (Å²) in [6, 6.07) is 6.25. The molecule has 2 amide bonds. The molecular formula is C19H26N2O4S. The van der Waals surface area contributed by atoms with E-state index >= 15 is 0 Å². The van der Waals surface area contributed by atoms with Gasteiger partial charge in [-0.3, -0.25) is 9.59 Å². The Morgan fingerprint density at radius 3 is 2.62 bits per heavy atom. The maximum atomic E-state index is 12.5. The topological polar surface area (TPSA) is 83.6 Å². The van der Waals surface area contributed by atoms with Gasteiger partial charge in [-0.1, -0.05) is 32.9 Å². The van der Waals surface area contributed by atoms with Gasteiger partial charge in [-0.2, -0.15) is 0 Å². The van der Waals surface area contributed by atoms with Gasteiger partial charge in [-0.05, 0) is 42.7 Å². The minimum Gasteiger partial charge on any atom is -0.353 e. The van der Waals surface area contributed by atoms with Crippen LogP contribution in [0.2, 0.25) is 0 Å². The van der Waals surface area contributed by atoms with Gasteiger partial charge in [-0.15, -0.1) is 0 Å².